The Morgan fingerprint density at radius 3 is 0.500 bits per heavy atom. The van der Waals surface area contributed by atoms with Gasteiger partial charge in [-0.2, -0.15) is 0 Å². The van der Waals surface area contributed by atoms with Crippen molar-refractivity contribution in [2.75, 3.05) is 0 Å². The summed E-state index contributed by atoms with van der Waals surface area (Å²) < 4.78 is 16.1. The molecule has 1 nitrogen and oxygen atoms in total. The van der Waals surface area contributed by atoms with E-state index in [2.05, 4.69) is 62.3 Å². The maximum atomic E-state index is 16.1. The molecule has 0 amide bonds. The molecule has 0 aliphatic rings. The van der Waals surface area contributed by atoms with Crippen LogP contribution in [-0.2, 0) is 4.57 Å². The van der Waals surface area contributed by atoms with Gasteiger partial charge in [0.2, 0.25) is 0 Å². The Labute approximate surface area is 357 Å². The molecule has 0 saturated heterocycles. The van der Waals surface area contributed by atoms with E-state index in [0.717, 1.165) is 19.3 Å². The predicted octanol–water partition coefficient (Wildman–Crippen LogP) is 21.1. The fourth-order valence-electron chi connectivity index (χ4n) is 10.7. The van der Waals surface area contributed by atoms with Crippen LogP contribution in [0.3, 0.4) is 0 Å². The van der Waals surface area contributed by atoms with Crippen molar-refractivity contribution in [1.82, 2.24) is 0 Å². The highest BCUT2D eigenvalue weighted by molar-refractivity contribution is 7.68. The van der Waals surface area contributed by atoms with E-state index in [1.54, 1.807) is 0 Å². The van der Waals surface area contributed by atoms with Crippen molar-refractivity contribution < 1.29 is 4.57 Å². The molecule has 0 aliphatic heterocycles. The summed E-state index contributed by atoms with van der Waals surface area (Å²) in [5.74, 6) is 0. The van der Waals surface area contributed by atoms with Gasteiger partial charge in [0, 0.05) is 15.5 Å². The molecule has 2 heteroatoms. The second kappa shape index (κ2) is 37.0. The fourth-order valence-corrected chi connectivity index (χ4v) is 17.0. The summed E-state index contributed by atoms with van der Waals surface area (Å²) in [4.78, 5) is 0. The quantitative estimate of drug-likeness (QED) is 0.0442. The zero-order valence-electron chi connectivity index (χ0n) is 41.1. The summed E-state index contributed by atoms with van der Waals surface area (Å²) in [6.07, 6.45) is 57.8. The fraction of sp³-hybridized carbons (Fsp3) is 1.00. The van der Waals surface area contributed by atoms with E-state index in [1.807, 2.05) is 0 Å². The average molecular weight is 807 g/mol. The van der Waals surface area contributed by atoms with Crippen LogP contribution in [0.25, 0.3) is 0 Å². The third-order valence-corrected chi connectivity index (χ3v) is 20.0. The van der Waals surface area contributed by atoms with E-state index >= 15 is 4.57 Å². The number of rotatable bonds is 45. The third kappa shape index (κ3) is 27.2. The van der Waals surface area contributed by atoms with Crippen LogP contribution < -0.4 is 0 Å². The van der Waals surface area contributed by atoms with Gasteiger partial charge in [0.1, 0.15) is 7.14 Å². The standard InChI is InChI=1S/C54H111OP/c1-10-13-16-19-22-25-28-31-34-37-40-43-46-49-52(4,5)56(55,53(6,7)50-47-44-41-38-35-32-29-26-23-20-17-14-11-2)54(8,9)51-48-45-42-39-36-33-30-27-24-21-18-15-12-3/h10-51H2,1-9H3. The summed E-state index contributed by atoms with van der Waals surface area (Å²) in [7, 11) is -2.58. The summed E-state index contributed by atoms with van der Waals surface area (Å²) in [6, 6.07) is 0. The molecule has 0 radical (unpaired) electrons. The second-order valence-electron chi connectivity index (χ2n) is 21.0. The normalized spacial score (nSPS) is 12.9. The van der Waals surface area contributed by atoms with Gasteiger partial charge in [0.05, 0.1) is 0 Å². The average Bonchev–Trinajstić information content (AvgIpc) is 3.16. The molecule has 338 valence electrons. The molecule has 0 rings (SSSR count). The first-order chi connectivity index (χ1) is 26.9. The molecule has 0 aromatic rings. The van der Waals surface area contributed by atoms with E-state index in [4.69, 9.17) is 0 Å². The first-order valence-corrected chi connectivity index (χ1v) is 28.2. The van der Waals surface area contributed by atoms with Gasteiger partial charge >= 0.3 is 0 Å². The minimum atomic E-state index is -2.58. The van der Waals surface area contributed by atoms with Crippen molar-refractivity contribution in [1.29, 1.82) is 0 Å². The largest absolute Gasteiger partial charge is 0.322 e. The van der Waals surface area contributed by atoms with Gasteiger partial charge in [-0.25, -0.2) is 0 Å². The Hall–Kier alpha value is 0.230. The van der Waals surface area contributed by atoms with E-state index < -0.39 is 7.14 Å². The van der Waals surface area contributed by atoms with Gasteiger partial charge in [0.15, 0.2) is 0 Å². The highest BCUT2D eigenvalue weighted by Gasteiger charge is 2.57. The molecule has 0 heterocycles. The van der Waals surface area contributed by atoms with Gasteiger partial charge in [-0.15, -0.1) is 0 Å². The molecule has 0 fully saturated rings. The Morgan fingerprint density at radius 2 is 0.357 bits per heavy atom. The molecule has 0 saturated carbocycles. The molecule has 0 N–H and O–H groups in total. The second-order valence-corrected chi connectivity index (χ2v) is 25.9. The van der Waals surface area contributed by atoms with Crippen LogP contribution in [0.5, 0.6) is 0 Å². The van der Waals surface area contributed by atoms with Crippen LogP contribution in [0.15, 0.2) is 0 Å². The molecule has 0 atom stereocenters. The van der Waals surface area contributed by atoms with Gasteiger partial charge in [-0.05, 0) is 19.3 Å². The highest BCUT2D eigenvalue weighted by Crippen LogP contribution is 2.77. The first kappa shape index (κ1) is 56.2. The lowest BCUT2D eigenvalue weighted by Crippen LogP contribution is -2.43. The zero-order valence-corrected chi connectivity index (χ0v) is 41.9. The van der Waals surface area contributed by atoms with Crippen molar-refractivity contribution in [3.05, 3.63) is 0 Å². The van der Waals surface area contributed by atoms with E-state index in [-0.39, 0.29) is 15.5 Å². The number of hydrogen-bond donors (Lipinski definition) is 0. The highest BCUT2D eigenvalue weighted by atomic mass is 31.2. The smallest absolute Gasteiger partial charge is 0.104 e. The van der Waals surface area contributed by atoms with E-state index in [9.17, 15) is 0 Å². The summed E-state index contributed by atoms with van der Waals surface area (Å²) in [6.45, 7) is 21.5. The summed E-state index contributed by atoms with van der Waals surface area (Å²) >= 11 is 0. The van der Waals surface area contributed by atoms with E-state index in [1.165, 1.54) is 250 Å². The van der Waals surface area contributed by atoms with Crippen LogP contribution in [0, 0.1) is 0 Å². The van der Waals surface area contributed by atoms with Crippen LogP contribution >= 0.6 is 7.14 Å². The van der Waals surface area contributed by atoms with Crippen LogP contribution in [0.2, 0.25) is 0 Å². The van der Waals surface area contributed by atoms with Crippen LogP contribution in [0.4, 0.5) is 0 Å². The molecule has 0 spiro atoms. The van der Waals surface area contributed by atoms with Crippen LogP contribution in [0.1, 0.15) is 332 Å². The maximum Gasteiger partial charge on any atom is 0.104 e. The van der Waals surface area contributed by atoms with E-state index in [0.29, 0.717) is 0 Å². The molecule has 0 bridgehead atoms. The summed E-state index contributed by atoms with van der Waals surface area (Å²) in [5.41, 5.74) is 0. The minimum Gasteiger partial charge on any atom is -0.322 e. The van der Waals surface area contributed by atoms with Gasteiger partial charge in [-0.3, -0.25) is 0 Å². The molecule has 56 heavy (non-hydrogen) atoms. The van der Waals surface area contributed by atoms with Crippen molar-refractivity contribution in [3.8, 4) is 0 Å². The molecule has 0 aromatic heterocycles. The SMILES string of the molecule is CCCCCCCCCCCCCCCC(C)(C)P(=O)(C(C)(C)CCCCCCCCCCCCCCC)C(C)(C)CCCCCCCCCCCCCCC. The lowest BCUT2D eigenvalue weighted by atomic mass is 10.00. The predicted molar refractivity (Wildman–Crippen MR) is 261 cm³/mol. The van der Waals surface area contributed by atoms with Crippen molar-refractivity contribution in [2.24, 2.45) is 0 Å². The molecule has 0 aromatic carbocycles. The Kier molecular flexibility index (Phi) is 37.2. The Bertz CT molecular complexity index is 745. The Morgan fingerprint density at radius 1 is 0.232 bits per heavy atom. The summed E-state index contributed by atoms with van der Waals surface area (Å²) in [5, 5.41) is -0.319. The molecular weight excluding hydrogens is 696 g/mol. The van der Waals surface area contributed by atoms with Gasteiger partial charge < -0.3 is 4.57 Å². The maximum absolute atomic E-state index is 16.1. The molecule has 0 aliphatic carbocycles. The number of unbranched alkanes of at least 4 members (excludes halogenated alkanes) is 36. The van der Waals surface area contributed by atoms with Crippen molar-refractivity contribution in [3.63, 3.8) is 0 Å². The topological polar surface area (TPSA) is 17.1 Å². The van der Waals surface area contributed by atoms with Crippen LogP contribution in [-0.4, -0.2) is 15.5 Å². The lowest BCUT2D eigenvalue weighted by molar-refractivity contribution is 0.408. The van der Waals surface area contributed by atoms with Gasteiger partial charge in [-0.1, -0.05) is 313 Å². The Balaban J connectivity index is 4.96. The van der Waals surface area contributed by atoms with Crippen molar-refractivity contribution >= 4 is 7.14 Å². The first-order valence-electron chi connectivity index (χ1n) is 26.5. The third-order valence-electron chi connectivity index (χ3n) is 14.2. The van der Waals surface area contributed by atoms with Gasteiger partial charge in [0.25, 0.3) is 0 Å². The minimum absolute atomic E-state index is 0.106. The zero-order chi connectivity index (χ0) is 41.7. The van der Waals surface area contributed by atoms with Crippen molar-refractivity contribution in [2.45, 2.75) is 347 Å². The number of hydrogen-bond acceptors (Lipinski definition) is 1. The molecular formula is C54H111OP. The molecule has 0 unspecified atom stereocenters. The lowest BCUT2D eigenvalue weighted by Gasteiger charge is -2.53. The monoisotopic (exact) mass is 807 g/mol.